The molecular formula is C5H9NO3. The molecule has 0 saturated carbocycles. The number of hydrogen-bond acceptors (Lipinski definition) is 4. The smallest absolute Gasteiger partial charge is 0.167 e. The molecule has 2 N–H and O–H groups in total. The molecule has 0 amide bonds. The van der Waals surface area contributed by atoms with Gasteiger partial charge in [0.05, 0.1) is 6.42 Å². The molecule has 0 spiro atoms. The Hall–Kier alpha value is -0.740. The highest BCUT2D eigenvalue weighted by molar-refractivity contribution is 5.98. The summed E-state index contributed by atoms with van der Waals surface area (Å²) in [5, 5.41) is 0. The van der Waals surface area contributed by atoms with E-state index in [1.165, 1.54) is 6.92 Å². The molecule has 0 heterocycles. The van der Waals surface area contributed by atoms with Gasteiger partial charge in [-0.25, -0.2) is 5.90 Å². The third kappa shape index (κ3) is 5.13. The first-order chi connectivity index (χ1) is 4.16. The van der Waals surface area contributed by atoms with Crippen molar-refractivity contribution in [2.75, 3.05) is 6.61 Å². The van der Waals surface area contributed by atoms with Crippen LogP contribution in [0, 0.1) is 0 Å². The van der Waals surface area contributed by atoms with E-state index >= 15 is 0 Å². The van der Waals surface area contributed by atoms with E-state index in [1.807, 2.05) is 0 Å². The van der Waals surface area contributed by atoms with E-state index in [2.05, 4.69) is 10.7 Å². The highest BCUT2D eigenvalue weighted by atomic mass is 16.6. The third-order valence-corrected chi connectivity index (χ3v) is 0.690. The maximum atomic E-state index is 10.4. The van der Waals surface area contributed by atoms with Crippen molar-refractivity contribution in [2.24, 2.45) is 5.90 Å². The molecule has 0 aromatic rings. The summed E-state index contributed by atoms with van der Waals surface area (Å²) >= 11 is 0. The SMILES string of the molecule is CC(=O)CC(=O)CON. The number of carbonyl (C=O) groups is 2. The third-order valence-electron chi connectivity index (χ3n) is 0.690. The van der Waals surface area contributed by atoms with Crippen molar-refractivity contribution in [3.63, 3.8) is 0 Å². The van der Waals surface area contributed by atoms with Gasteiger partial charge in [0, 0.05) is 0 Å². The first kappa shape index (κ1) is 8.26. The van der Waals surface area contributed by atoms with Gasteiger partial charge in [0.25, 0.3) is 0 Å². The van der Waals surface area contributed by atoms with E-state index in [0.29, 0.717) is 0 Å². The zero-order valence-corrected chi connectivity index (χ0v) is 5.22. The molecule has 0 unspecified atom stereocenters. The van der Waals surface area contributed by atoms with Crippen LogP contribution in [0.2, 0.25) is 0 Å². The summed E-state index contributed by atoms with van der Waals surface area (Å²) in [6, 6.07) is 0. The molecule has 0 rings (SSSR count). The van der Waals surface area contributed by atoms with Crippen molar-refractivity contribution in [1.29, 1.82) is 0 Å². The minimum Gasteiger partial charge on any atom is -0.300 e. The number of hydrogen-bond donors (Lipinski definition) is 1. The lowest BCUT2D eigenvalue weighted by molar-refractivity contribution is -0.128. The van der Waals surface area contributed by atoms with Crippen LogP contribution in [-0.2, 0) is 14.4 Å². The predicted octanol–water partition coefficient (Wildman–Crippen LogP) is -0.575. The number of ketones is 2. The van der Waals surface area contributed by atoms with Crippen LogP contribution < -0.4 is 5.90 Å². The van der Waals surface area contributed by atoms with Crippen LogP contribution >= 0.6 is 0 Å². The van der Waals surface area contributed by atoms with Gasteiger partial charge in [-0.05, 0) is 6.92 Å². The molecule has 0 aliphatic heterocycles. The van der Waals surface area contributed by atoms with Crippen LogP contribution in [0.4, 0.5) is 0 Å². The Balaban J connectivity index is 3.39. The molecule has 0 fully saturated rings. The number of Topliss-reactive ketones (excluding diaryl/α,β-unsaturated/α-hetero) is 2. The van der Waals surface area contributed by atoms with Gasteiger partial charge in [-0.1, -0.05) is 0 Å². The van der Waals surface area contributed by atoms with Gasteiger partial charge in [-0.15, -0.1) is 0 Å². The minimum absolute atomic E-state index is 0.0861. The Morgan fingerprint density at radius 1 is 1.56 bits per heavy atom. The monoisotopic (exact) mass is 131 g/mol. The second kappa shape index (κ2) is 4.17. The molecule has 52 valence electrons. The van der Waals surface area contributed by atoms with E-state index in [0.717, 1.165) is 0 Å². The fourth-order valence-corrected chi connectivity index (χ4v) is 0.422. The van der Waals surface area contributed by atoms with Gasteiger partial charge in [0.2, 0.25) is 0 Å². The highest BCUT2D eigenvalue weighted by Crippen LogP contribution is 1.83. The highest BCUT2D eigenvalue weighted by Gasteiger charge is 2.03. The largest absolute Gasteiger partial charge is 0.300 e. The van der Waals surface area contributed by atoms with E-state index < -0.39 is 0 Å². The fourth-order valence-electron chi connectivity index (χ4n) is 0.422. The molecule has 0 saturated heterocycles. The Morgan fingerprint density at radius 2 is 2.11 bits per heavy atom. The molecule has 0 aliphatic carbocycles. The van der Waals surface area contributed by atoms with Gasteiger partial charge >= 0.3 is 0 Å². The molecule has 4 heteroatoms. The van der Waals surface area contributed by atoms with Gasteiger partial charge in [-0.3, -0.25) is 14.4 Å². The average Bonchev–Trinajstić information content (AvgIpc) is 1.63. The summed E-state index contributed by atoms with van der Waals surface area (Å²) in [6.07, 6.45) is -0.0861. The molecule has 0 atom stereocenters. The average molecular weight is 131 g/mol. The molecular weight excluding hydrogens is 122 g/mol. The maximum Gasteiger partial charge on any atom is 0.167 e. The van der Waals surface area contributed by atoms with Crippen molar-refractivity contribution >= 4 is 11.6 Å². The summed E-state index contributed by atoms with van der Waals surface area (Å²) in [7, 11) is 0. The Bertz CT molecular complexity index is 121. The van der Waals surface area contributed by atoms with Gasteiger partial charge in [0.15, 0.2) is 5.78 Å². The lowest BCUT2D eigenvalue weighted by Gasteiger charge is -1.92. The summed E-state index contributed by atoms with van der Waals surface area (Å²) in [6.45, 7) is 1.16. The normalized spacial score (nSPS) is 9.11. The predicted molar refractivity (Wildman–Crippen MR) is 30.4 cm³/mol. The van der Waals surface area contributed by atoms with Gasteiger partial charge in [0.1, 0.15) is 12.4 Å². The van der Waals surface area contributed by atoms with Crippen LogP contribution in [0.1, 0.15) is 13.3 Å². The molecule has 0 radical (unpaired) electrons. The topological polar surface area (TPSA) is 69.4 Å². The van der Waals surface area contributed by atoms with Crippen molar-refractivity contribution < 1.29 is 14.4 Å². The number of carbonyl (C=O) groups excluding carboxylic acids is 2. The number of nitrogens with two attached hydrogens (primary N) is 1. The first-order valence-corrected chi connectivity index (χ1v) is 2.49. The standard InChI is InChI=1S/C5H9NO3/c1-4(7)2-5(8)3-9-6/h2-3,6H2,1H3. The van der Waals surface area contributed by atoms with Crippen molar-refractivity contribution in [3.05, 3.63) is 0 Å². The Morgan fingerprint density at radius 3 is 2.44 bits per heavy atom. The zero-order chi connectivity index (χ0) is 7.28. The van der Waals surface area contributed by atoms with Crippen molar-refractivity contribution in [1.82, 2.24) is 0 Å². The summed E-state index contributed by atoms with van der Waals surface area (Å²) in [5.41, 5.74) is 0. The Kier molecular flexibility index (Phi) is 3.83. The first-order valence-electron chi connectivity index (χ1n) is 2.49. The van der Waals surface area contributed by atoms with Crippen LogP contribution in [0.3, 0.4) is 0 Å². The van der Waals surface area contributed by atoms with Gasteiger partial charge in [-0.2, -0.15) is 0 Å². The van der Waals surface area contributed by atoms with Crippen molar-refractivity contribution in [2.45, 2.75) is 13.3 Å². The molecule has 0 bridgehead atoms. The van der Waals surface area contributed by atoms with Crippen molar-refractivity contribution in [3.8, 4) is 0 Å². The molecule has 0 aromatic heterocycles. The quantitative estimate of drug-likeness (QED) is 0.409. The summed E-state index contributed by atoms with van der Waals surface area (Å²) < 4.78 is 0. The molecule has 0 aliphatic rings. The number of rotatable bonds is 4. The zero-order valence-electron chi connectivity index (χ0n) is 5.22. The summed E-state index contributed by atoms with van der Waals surface area (Å²) in [5.74, 6) is 4.12. The van der Waals surface area contributed by atoms with Crippen LogP contribution in [0.5, 0.6) is 0 Å². The van der Waals surface area contributed by atoms with E-state index in [-0.39, 0.29) is 24.6 Å². The Labute approximate surface area is 52.9 Å². The minimum atomic E-state index is -0.287. The van der Waals surface area contributed by atoms with E-state index in [4.69, 9.17) is 0 Å². The lowest BCUT2D eigenvalue weighted by atomic mass is 10.2. The van der Waals surface area contributed by atoms with Crippen LogP contribution in [0.25, 0.3) is 0 Å². The summed E-state index contributed by atoms with van der Waals surface area (Å²) in [4.78, 5) is 24.6. The fraction of sp³-hybridized carbons (Fsp3) is 0.600. The van der Waals surface area contributed by atoms with Gasteiger partial charge < -0.3 is 0 Å². The van der Waals surface area contributed by atoms with Crippen LogP contribution in [0.15, 0.2) is 0 Å². The molecule has 0 aromatic carbocycles. The second-order valence-electron chi connectivity index (χ2n) is 1.73. The van der Waals surface area contributed by atoms with Crippen LogP contribution in [-0.4, -0.2) is 18.2 Å². The van der Waals surface area contributed by atoms with E-state index in [9.17, 15) is 9.59 Å². The van der Waals surface area contributed by atoms with E-state index in [1.54, 1.807) is 0 Å². The lowest BCUT2D eigenvalue weighted by Crippen LogP contribution is -2.14. The second-order valence-corrected chi connectivity index (χ2v) is 1.73. The molecule has 4 nitrogen and oxygen atoms in total. The maximum absolute atomic E-state index is 10.4. The molecule has 9 heavy (non-hydrogen) atoms.